The second-order valence-corrected chi connectivity index (χ2v) is 8.67. The van der Waals surface area contributed by atoms with E-state index in [1.807, 2.05) is 24.3 Å². The topological polar surface area (TPSA) is 72.5 Å². The average Bonchev–Trinajstić information content (AvgIpc) is 3.10. The van der Waals surface area contributed by atoms with Crippen LogP contribution in [0.2, 0.25) is 0 Å². The van der Waals surface area contributed by atoms with Gasteiger partial charge in [0.2, 0.25) is 5.76 Å². The number of fused-ring (bicyclic) bond motifs is 1. The highest BCUT2D eigenvalue weighted by Gasteiger charge is 2.56. The van der Waals surface area contributed by atoms with Crippen LogP contribution in [0.4, 0.5) is 0 Å². The van der Waals surface area contributed by atoms with Crippen molar-refractivity contribution in [3.8, 4) is 0 Å². The largest absolute Gasteiger partial charge is 0.652 e. The summed E-state index contributed by atoms with van der Waals surface area (Å²) in [7, 11) is -0.105. The summed E-state index contributed by atoms with van der Waals surface area (Å²) in [5.41, 5.74) is 2.42. The van der Waals surface area contributed by atoms with Crippen molar-refractivity contribution in [2.75, 3.05) is 34.0 Å². The first-order chi connectivity index (χ1) is 12.8. The van der Waals surface area contributed by atoms with E-state index in [1.165, 1.54) is 0 Å². The highest BCUT2D eigenvalue weighted by Crippen LogP contribution is 2.72. The number of hydrogen-bond donors (Lipinski definition) is 0. The standard InChI is InChI=1S/C19H25O7P/c1-19(2,3)15(12-23-10-9-21-4)16(22-5)13-7-6-8-14(11-13)17-18-25-27(20,24-17)26-18/h6-8,11H,9-10,12H2,1-5H3/b16-15-. The lowest BCUT2D eigenvalue weighted by atomic mass is 9.84. The van der Waals surface area contributed by atoms with Crippen LogP contribution in [0.1, 0.15) is 31.9 Å². The molecule has 0 radical (unpaired) electrons. The second kappa shape index (κ2) is 7.58. The fourth-order valence-corrected chi connectivity index (χ4v) is 3.87. The van der Waals surface area contributed by atoms with Crippen LogP contribution in [-0.4, -0.2) is 34.0 Å². The molecule has 0 N–H and O–H groups in total. The maximum atomic E-state index is 11.8. The Kier molecular flexibility index (Phi) is 5.56. The molecule has 0 saturated carbocycles. The van der Waals surface area contributed by atoms with E-state index in [2.05, 4.69) is 20.8 Å². The quantitative estimate of drug-likeness (QED) is 0.362. The lowest BCUT2D eigenvalue weighted by Crippen LogP contribution is -2.19. The Hall–Kier alpha value is -1.95. The summed E-state index contributed by atoms with van der Waals surface area (Å²) in [5, 5.41) is 0. The van der Waals surface area contributed by atoms with Crippen molar-refractivity contribution in [2.24, 2.45) is 5.41 Å². The van der Waals surface area contributed by atoms with E-state index in [1.54, 1.807) is 14.2 Å². The van der Waals surface area contributed by atoms with Gasteiger partial charge >= 0.3 is 13.8 Å². The molecule has 148 valence electrons. The summed E-state index contributed by atoms with van der Waals surface area (Å²) in [5.74, 6) is 1.24. The van der Waals surface area contributed by atoms with Crippen molar-refractivity contribution in [1.82, 2.24) is 0 Å². The van der Waals surface area contributed by atoms with E-state index in [4.69, 9.17) is 27.8 Å². The fourth-order valence-electron chi connectivity index (χ4n) is 2.81. The molecule has 0 atom stereocenters. The van der Waals surface area contributed by atoms with E-state index in [0.29, 0.717) is 31.1 Å². The van der Waals surface area contributed by atoms with Gasteiger partial charge in [0, 0.05) is 23.8 Å². The zero-order valence-corrected chi connectivity index (χ0v) is 17.1. The summed E-state index contributed by atoms with van der Waals surface area (Å²) in [6, 6.07) is 7.55. The summed E-state index contributed by atoms with van der Waals surface area (Å²) >= 11 is 0. The highest BCUT2D eigenvalue weighted by atomic mass is 31.2. The molecule has 0 aromatic heterocycles. The van der Waals surface area contributed by atoms with Gasteiger partial charge in [-0.15, -0.1) is 0 Å². The molecule has 7 nitrogen and oxygen atoms in total. The van der Waals surface area contributed by atoms with E-state index in [-0.39, 0.29) is 11.4 Å². The van der Waals surface area contributed by atoms with Crippen molar-refractivity contribution < 1.29 is 32.3 Å². The van der Waals surface area contributed by atoms with Gasteiger partial charge < -0.3 is 27.8 Å². The number of phosphoric acid groups is 1. The van der Waals surface area contributed by atoms with Crippen LogP contribution in [0.3, 0.4) is 0 Å². The molecule has 3 aliphatic heterocycles. The molecule has 3 aliphatic rings. The Bertz CT molecular complexity index is 808. The molecule has 27 heavy (non-hydrogen) atoms. The number of methoxy groups -OCH3 is 2. The zero-order valence-electron chi connectivity index (χ0n) is 16.2. The average molecular weight is 396 g/mol. The lowest BCUT2D eigenvalue weighted by Gasteiger charge is -2.26. The van der Waals surface area contributed by atoms with Gasteiger partial charge in [0.05, 0.1) is 26.9 Å². The summed E-state index contributed by atoms with van der Waals surface area (Å²) in [6.07, 6.45) is 0. The summed E-state index contributed by atoms with van der Waals surface area (Å²) in [4.78, 5) is 0. The predicted octanol–water partition coefficient (Wildman–Crippen LogP) is 4.56. The summed E-state index contributed by atoms with van der Waals surface area (Å²) in [6.45, 7) is 7.78. The van der Waals surface area contributed by atoms with Gasteiger partial charge in [-0.2, -0.15) is 4.57 Å². The molecule has 0 unspecified atom stereocenters. The van der Waals surface area contributed by atoms with Crippen molar-refractivity contribution >= 4 is 19.3 Å². The van der Waals surface area contributed by atoms with Gasteiger partial charge in [-0.3, -0.25) is 0 Å². The van der Waals surface area contributed by atoms with E-state index in [9.17, 15) is 4.57 Å². The number of benzene rings is 1. The maximum Gasteiger partial charge on any atom is 0.652 e. The molecule has 0 spiro atoms. The lowest BCUT2D eigenvalue weighted by molar-refractivity contribution is 0.0764. The molecule has 1 aromatic rings. The van der Waals surface area contributed by atoms with Crippen LogP contribution in [0, 0.1) is 5.41 Å². The van der Waals surface area contributed by atoms with Crippen molar-refractivity contribution in [3.05, 3.63) is 46.9 Å². The van der Waals surface area contributed by atoms with Crippen LogP contribution in [-0.2, 0) is 32.3 Å². The second-order valence-electron chi connectivity index (χ2n) is 7.23. The minimum atomic E-state index is -3.38. The smallest absolute Gasteiger partial charge is 0.496 e. The van der Waals surface area contributed by atoms with Gasteiger partial charge in [0.1, 0.15) is 5.76 Å². The van der Waals surface area contributed by atoms with Gasteiger partial charge in [0.25, 0.3) is 0 Å². The zero-order chi connectivity index (χ0) is 19.7. The molecular formula is C19H25O7P. The predicted molar refractivity (Wildman–Crippen MR) is 100 cm³/mol. The number of rotatable bonds is 8. The Morgan fingerprint density at radius 2 is 1.85 bits per heavy atom. The molecule has 2 bridgehead atoms. The van der Waals surface area contributed by atoms with Crippen LogP contribution in [0.5, 0.6) is 0 Å². The Morgan fingerprint density at radius 1 is 1.11 bits per heavy atom. The first kappa shape index (κ1) is 19.8. The normalized spacial score (nSPS) is 18.1. The minimum absolute atomic E-state index is 0.164. The third-order valence-electron chi connectivity index (χ3n) is 4.23. The van der Waals surface area contributed by atoms with Crippen molar-refractivity contribution in [2.45, 2.75) is 20.8 Å². The molecule has 1 saturated heterocycles. The molecule has 3 heterocycles. The fraction of sp³-hybridized carbons (Fsp3) is 0.474. The van der Waals surface area contributed by atoms with Crippen LogP contribution in [0.25, 0.3) is 11.5 Å². The Balaban J connectivity index is 1.92. The van der Waals surface area contributed by atoms with E-state index >= 15 is 0 Å². The third kappa shape index (κ3) is 4.15. The number of hydrogen-bond acceptors (Lipinski definition) is 7. The molecule has 0 amide bonds. The van der Waals surface area contributed by atoms with Gasteiger partial charge in [-0.25, -0.2) is 0 Å². The molecule has 1 fully saturated rings. The van der Waals surface area contributed by atoms with Crippen LogP contribution >= 0.6 is 7.82 Å². The first-order valence-corrected chi connectivity index (χ1v) is 10.1. The Labute approximate surface area is 159 Å². The van der Waals surface area contributed by atoms with E-state index < -0.39 is 7.82 Å². The molecular weight excluding hydrogens is 371 g/mol. The van der Waals surface area contributed by atoms with Gasteiger partial charge in [-0.05, 0) is 11.5 Å². The van der Waals surface area contributed by atoms with Crippen molar-refractivity contribution in [1.29, 1.82) is 0 Å². The van der Waals surface area contributed by atoms with Gasteiger partial charge in [0.15, 0.2) is 0 Å². The highest BCUT2D eigenvalue weighted by molar-refractivity contribution is 7.51. The van der Waals surface area contributed by atoms with Crippen LogP contribution in [0.15, 0.2) is 35.8 Å². The maximum absolute atomic E-state index is 11.8. The monoisotopic (exact) mass is 396 g/mol. The Morgan fingerprint density at radius 3 is 2.41 bits per heavy atom. The van der Waals surface area contributed by atoms with Crippen molar-refractivity contribution in [3.63, 3.8) is 0 Å². The molecule has 1 aromatic carbocycles. The summed E-state index contributed by atoms with van der Waals surface area (Å²) < 4.78 is 43.7. The van der Waals surface area contributed by atoms with E-state index in [0.717, 1.165) is 16.9 Å². The molecule has 0 aliphatic carbocycles. The minimum Gasteiger partial charge on any atom is -0.496 e. The molecule has 8 heteroatoms. The molecule has 4 rings (SSSR count). The first-order valence-electron chi connectivity index (χ1n) is 8.65. The van der Waals surface area contributed by atoms with Crippen LogP contribution < -0.4 is 0 Å². The third-order valence-corrected chi connectivity index (χ3v) is 5.41. The SMILES string of the molecule is COCCOC/C(=C(/OC)c1cccc(C2=C3OP(=O)(O3)O2)c1)C(C)(C)C. The number of ether oxygens (including phenoxy) is 3. The number of phosphoric ester groups is 1. The van der Waals surface area contributed by atoms with Gasteiger partial charge in [-0.1, -0.05) is 39.0 Å².